The minimum absolute atomic E-state index is 0.0909. The number of aldehydes is 1. The highest BCUT2D eigenvalue weighted by Crippen LogP contribution is 2.34. The minimum atomic E-state index is 0.0909. The molecule has 2 aliphatic rings. The van der Waals surface area contributed by atoms with Crippen molar-refractivity contribution in [1.82, 2.24) is 15.4 Å². The van der Waals surface area contributed by atoms with Crippen LogP contribution in [-0.4, -0.2) is 48.8 Å². The summed E-state index contributed by atoms with van der Waals surface area (Å²) < 4.78 is 0. The van der Waals surface area contributed by atoms with Gasteiger partial charge in [-0.3, -0.25) is 9.59 Å². The number of likely N-dealkylation sites (tertiary alicyclic amines) is 1. The highest BCUT2D eigenvalue weighted by molar-refractivity contribution is 5.94. The monoisotopic (exact) mass is 382 g/mol. The molecule has 148 valence electrons. The normalized spacial score (nSPS) is 16.3. The van der Waals surface area contributed by atoms with E-state index in [1.807, 2.05) is 29.2 Å². The Labute approximate surface area is 164 Å². The van der Waals surface area contributed by atoms with Gasteiger partial charge in [-0.2, -0.15) is 5.48 Å². The van der Waals surface area contributed by atoms with E-state index in [2.05, 4.69) is 15.4 Å². The molecule has 7 heteroatoms. The largest absolute Gasteiger partial charge is 0.337 e. The van der Waals surface area contributed by atoms with E-state index in [9.17, 15) is 9.59 Å². The van der Waals surface area contributed by atoms with Crippen LogP contribution in [0.3, 0.4) is 0 Å². The molecule has 4 rings (SSSR count). The molecule has 2 aromatic rings. The van der Waals surface area contributed by atoms with E-state index < -0.39 is 0 Å². The molecular weight excluding hydrogens is 356 g/mol. The van der Waals surface area contributed by atoms with Crippen LogP contribution < -0.4 is 10.4 Å². The Morgan fingerprint density at radius 1 is 1.21 bits per heavy atom. The molecule has 28 heavy (non-hydrogen) atoms. The molecule has 2 aliphatic heterocycles. The van der Waals surface area contributed by atoms with E-state index in [0.29, 0.717) is 17.8 Å². The Hall–Kier alpha value is -2.64. The van der Waals surface area contributed by atoms with E-state index in [4.69, 9.17) is 4.84 Å². The molecule has 0 saturated carbocycles. The van der Waals surface area contributed by atoms with Crippen LogP contribution in [0.4, 0.5) is 11.5 Å². The Kier molecular flexibility index (Phi) is 5.45. The number of benzene rings is 1. The molecule has 0 bridgehead atoms. The maximum atomic E-state index is 12.8. The number of hydroxylamine groups is 1. The molecule has 0 aliphatic carbocycles. The SMILES string of the molecule is CONCc1cc(N2CCCc3cc(C(=O)N4CCCC4)[nH]c32)ccc1C=O. The number of fused-ring (bicyclic) bond motifs is 1. The zero-order chi connectivity index (χ0) is 19.5. The number of hydrogen-bond donors (Lipinski definition) is 2. The fraction of sp³-hybridized carbons (Fsp3) is 0.429. The first-order valence-corrected chi connectivity index (χ1v) is 9.84. The molecule has 7 nitrogen and oxygen atoms in total. The Morgan fingerprint density at radius 2 is 2.04 bits per heavy atom. The summed E-state index contributed by atoms with van der Waals surface area (Å²) in [7, 11) is 1.55. The Balaban J connectivity index is 1.64. The van der Waals surface area contributed by atoms with Crippen LogP contribution in [0, 0.1) is 0 Å². The molecule has 1 aromatic carbocycles. The average Bonchev–Trinajstić information content (AvgIpc) is 3.41. The van der Waals surface area contributed by atoms with Gasteiger partial charge in [-0.1, -0.05) is 0 Å². The van der Waals surface area contributed by atoms with Crippen molar-refractivity contribution in [3.8, 4) is 0 Å². The molecule has 1 aromatic heterocycles. The Morgan fingerprint density at radius 3 is 2.79 bits per heavy atom. The number of amides is 1. The molecule has 0 spiro atoms. The summed E-state index contributed by atoms with van der Waals surface area (Å²) in [6.07, 6.45) is 5.00. The molecule has 0 radical (unpaired) electrons. The van der Waals surface area contributed by atoms with Crippen molar-refractivity contribution in [3.05, 3.63) is 46.6 Å². The highest BCUT2D eigenvalue weighted by Gasteiger charge is 2.26. The van der Waals surface area contributed by atoms with Crippen LogP contribution in [0.2, 0.25) is 0 Å². The summed E-state index contributed by atoms with van der Waals surface area (Å²) in [4.78, 5) is 36.6. The van der Waals surface area contributed by atoms with Crippen LogP contribution >= 0.6 is 0 Å². The molecule has 3 heterocycles. The quantitative estimate of drug-likeness (QED) is 0.593. The maximum Gasteiger partial charge on any atom is 0.270 e. The van der Waals surface area contributed by atoms with Crippen molar-refractivity contribution in [2.75, 3.05) is 31.6 Å². The summed E-state index contributed by atoms with van der Waals surface area (Å²) in [5, 5.41) is 0. The molecule has 0 unspecified atom stereocenters. The van der Waals surface area contributed by atoms with Crippen LogP contribution in [0.15, 0.2) is 24.3 Å². The van der Waals surface area contributed by atoms with E-state index in [-0.39, 0.29) is 5.91 Å². The lowest BCUT2D eigenvalue weighted by Crippen LogP contribution is -2.28. The topological polar surface area (TPSA) is 77.7 Å². The zero-order valence-electron chi connectivity index (χ0n) is 16.2. The van der Waals surface area contributed by atoms with Crippen LogP contribution in [0.1, 0.15) is 51.2 Å². The number of rotatable bonds is 6. The van der Waals surface area contributed by atoms with Gasteiger partial charge in [0, 0.05) is 37.4 Å². The highest BCUT2D eigenvalue weighted by atomic mass is 16.6. The summed E-state index contributed by atoms with van der Waals surface area (Å²) >= 11 is 0. The maximum absolute atomic E-state index is 12.8. The van der Waals surface area contributed by atoms with Gasteiger partial charge in [-0.15, -0.1) is 0 Å². The van der Waals surface area contributed by atoms with Gasteiger partial charge in [0.1, 0.15) is 17.8 Å². The average molecular weight is 382 g/mol. The predicted octanol–water partition coefficient (Wildman–Crippen LogP) is 2.80. The third kappa shape index (κ3) is 3.55. The molecule has 1 amide bonds. The number of anilines is 2. The Bertz CT molecular complexity index is 871. The number of H-pyrrole nitrogens is 1. The van der Waals surface area contributed by atoms with Crippen molar-refractivity contribution >= 4 is 23.7 Å². The lowest BCUT2D eigenvalue weighted by molar-refractivity contribution is 0.0787. The molecule has 2 N–H and O–H groups in total. The summed E-state index contributed by atoms with van der Waals surface area (Å²) in [6, 6.07) is 7.81. The fourth-order valence-electron chi connectivity index (χ4n) is 4.10. The van der Waals surface area contributed by atoms with E-state index in [0.717, 1.165) is 68.7 Å². The zero-order valence-corrected chi connectivity index (χ0v) is 16.2. The molecular formula is C21H26N4O3. The second-order valence-corrected chi connectivity index (χ2v) is 7.34. The smallest absolute Gasteiger partial charge is 0.270 e. The van der Waals surface area contributed by atoms with Crippen LogP contribution in [0.25, 0.3) is 0 Å². The van der Waals surface area contributed by atoms with Crippen molar-refractivity contribution in [2.24, 2.45) is 0 Å². The third-order valence-electron chi connectivity index (χ3n) is 5.57. The second-order valence-electron chi connectivity index (χ2n) is 7.34. The number of nitrogens with one attached hydrogen (secondary N) is 2. The standard InChI is InChI=1S/C21H26N4O3/c1-28-22-13-17-11-18(7-6-16(17)14-26)25-10-4-5-15-12-19(23-20(15)25)21(27)24-8-2-3-9-24/h6-7,11-12,14,22-23H,2-5,8-10,13H2,1H3. The first-order valence-electron chi connectivity index (χ1n) is 9.84. The first-order chi connectivity index (χ1) is 13.7. The minimum Gasteiger partial charge on any atom is -0.337 e. The van der Waals surface area contributed by atoms with Gasteiger partial charge in [0.15, 0.2) is 0 Å². The van der Waals surface area contributed by atoms with Gasteiger partial charge in [0.05, 0.1) is 7.11 Å². The number of aromatic amines is 1. The number of nitrogens with zero attached hydrogens (tertiary/aromatic N) is 2. The van der Waals surface area contributed by atoms with Crippen molar-refractivity contribution < 1.29 is 14.4 Å². The van der Waals surface area contributed by atoms with Crippen molar-refractivity contribution in [1.29, 1.82) is 0 Å². The summed E-state index contributed by atoms with van der Waals surface area (Å²) in [6.45, 7) is 3.00. The number of aromatic nitrogens is 1. The summed E-state index contributed by atoms with van der Waals surface area (Å²) in [5.74, 6) is 1.08. The van der Waals surface area contributed by atoms with Crippen molar-refractivity contribution in [3.63, 3.8) is 0 Å². The lowest BCUT2D eigenvalue weighted by atomic mass is 10.0. The fourth-order valence-corrected chi connectivity index (χ4v) is 4.10. The van der Waals surface area contributed by atoms with E-state index in [1.165, 1.54) is 5.56 Å². The van der Waals surface area contributed by atoms with Crippen molar-refractivity contribution in [2.45, 2.75) is 32.2 Å². The van der Waals surface area contributed by atoms with Gasteiger partial charge < -0.3 is 19.6 Å². The number of aryl methyl sites for hydroxylation is 1. The first kappa shape index (κ1) is 18.7. The molecule has 1 saturated heterocycles. The number of carbonyl (C=O) groups excluding carboxylic acids is 2. The van der Waals surface area contributed by atoms with Gasteiger partial charge in [-0.25, -0.2) is 0 Å². The van der Waals surface area contributed by atoms with Gasteiger partial charge in [0.25, 0.3) is 5.91 Å². The second kappa shape index (κ2) is 8.16. The third-order valence-corrected chi connectivity index (χ3v) is 5.57. The summed E-state index contributed by atoms with van der Waals surface area (Å²) in [5.41, 5.74) is 7.16. The number of hydrogen-bond acceptors (Lipinski definition) is 5. The van der Waals surface area contributed by atoms with Gasteiger partial charge >= 0.3 is 0 Å². The number of carbonyl (C=O) groups is 2. The van der Waals surface area contributed by atoms with Gasteiger partial charge in [0.2, 0.25) is 0 Å². The predicted molar refractivity (Wildman–Crippen MR) is 107 cm³/mol. The lowest BCUT2D eigenvalue weighted by Gasteiger charge is -2.29. The van der Waals surface area contributed by atoms with E-state index in [1.54, 1.807) is 7.11 Å². The van der Waals surface area contributed by atoms with Crippen LogP contribution in [-0.2, 0) is 17.8 Å². The molecule has 0 atom stereocenters. The van der Waals surface area contributed by atoms with E-state index >= 15 is 0 Å². The van der Waals surface area contributed by atoms with Crippen LogP contribution in [0.5, 0.6) is 0 Å². The van der Waals surface area contributed by atoms with Gasteiger partial charge in [-0.05, 0) is 61.1 Å². The molecule has 1 fully saturated rings.